The van der Waals surface area contributed by atoms with Gasteiger partial charge in [0.1, 0.15) is 0 Å². The van der Waals surface area contributed by atoms with Gasteiger partial charge in [0.2, 0.25) is 0 Å². The van der Waals surface area contributed by atoms with Crippen molar-refractivity contribution in [3.63, 3.8) is 0 Å². The SMILES string of the molecule is c1ccc(-c2ccc3c(c2)c2cc(-c4ccccc4)cc(-c4ccccc4)c2n3-c2ccc(-c3nc(-c4ccccc4)cc(-c4ccccc4)n3)cc2)cc1. The average Bonchev–Trinajstić information content (AvgIpc) is 3.61. The minimum Gasteiger partial charge on any atom is -0.309 e. The molecule has 0 spiro atoms. The van der Waals surface area contributed by atoms with Crippen LogP contribution in [0.5, 0.6) is 0 Å². The molecular weight excluding hydrogens is 667 g/mol. The predicted molar refractivity (Wildman–Crippen MR) is 229 cm³/mol. The van der Waals surface area contributed by atoms with E-state index in [-0.39, 0.29) is 0 Å². The molecule has 2 aromatic heterocycles. The molecule has 0 atom stereocenters. The van der Waals surface area contributed by atoms with Crippen LogP contribution in [0.3, 0.4) is 0 Å². The Labute approximate surface area is 320 Å². The lowest BCUT2D eigenvalue weighted by atomic mass is 9.95. The molecule has 0 bridgehead atoms. The minimum atomic E-state index is 0.693. The maximum Gasteiger partial charge on any atom is 0.160 e. The van der Waals surface area contributed by atoms with Crippen LogP contribution in [-0.4, -0.2) is 14.5 Å². The van der Waals surface area contributed by atoms with E-state index < -0.39 is 0 Å². The second kappa shape index (κ2) is 13.9. The second-order valence-corrected chi connectivity index (χ2v) is 13.8. The zero-order valence-electron chi connectivity index (χ0n) is 30.0. The van der Waals surface area contributed by atoms with Crippen molar-refractivity contribution in [3.05, 3.63) is 212 Å². The number of nitrogens with zero attached hydrogens (tertiary/aromatic N) is 3. The molecule has 0 unspecified atom stereocenters. The molecule has 10 rings (SSSR count). The van der Waals surface area contributed by atoms with E-state index in [4.69, 9.17) is 9.97 Å². The Morgan fingerprint density at radius 3 is 1.31 bits per heavy atom. The van der Waals surface area contributed by atoms with Crippen molar-refractivity contribution in [1.29, 1.82) is 0 Å². The summed E-state index contributed by atoms with van der Waals surface area (Å²) in [5.74, 6) is 0.693. The van der Waals surface area contributed by atoms with Crippen molar-refractivity contribution in [3.8, 4) is 73.0 Å². The van der Waals surface area contributed by atoms with Crippen molar-refractivity contribution >= 4 is 21.8 Å². The van der Waals surface area contributed by atoms with Crippen LogP contribution in [0.15, 0.2) is 212 Å². The van der Waals surface area contributed by atoms with Gasteiger partial charge in [-0.2, -0.15) is 0 Å². The van der Waals surface area contributed by atoms with Crippen LogP contribution in [0.4, 0.5) is 0 Å². The van der Waals surface area contributed by atoms with E-state index in [1.165, 1.54) is 49.7 Å². The normalized spacial score (nSPS) is 11.3. The van der Waals surface area contributed by atoms with E-state index in [1.54, 1.807) is 0 Å². The van der Waals surface area contributed by atoms with Gasteiger partial charge in [-0.3, -0.25) is 0 Å². The monoisotopic (exact) mass is 701 g/mol. The molecule has 0 aliphatic heterocycles. The number of hydrogen-bond acceptors (Lipinski definition) is 2. The molecule has 10 aromatic rings. The van der Waals surface area contributed by atoms with Crippen molar-refractivity contribution in [2.24, 2.45) is 0 Å². The van der Waals surface area contributed by atoms with E-state index in [1.807, 2.05) is 12.1 Å². The highest BCUT2D eigenvalue weighted by Crippen LogP contribution is 2.42. The van der Waals surface area contributed by atoms with Crippen molar-refractivity contribution in [2.75, 3.05) is 0 Å². The number of benzene rings is 8. The molecule has 2 heterocycles. The van der Waals surface area contributed by atoms with Crippen LogP contribution in [0.25, 0.3) is 94.8 Å². The van der Waals surface area contributed by atoms with Gasteiger partial charge in [0, 0.05) is 38.7 Å². The Hall–Kier alpha value is -7.36. The number of hydrogen-bond donors (Lipinski definition) is 0. The summed E-state index contributed by atoms with van der Waals surface area (Å²) in [6, 6.07) is 75.2. The van der Waals surface area contributed by atoms with E-state index in [0.717, 1.165) is 39.3 Å². The lowest BCUT2D eigenvalue weighted by Crippen LogP contribution is -1.98. The molecule has 0 radical (unpaired) electrons. The standard InChI is InChI=1S/C52H35N3/c1-6-16-36(17-7-1)42-28-31-50-46(32-42)47-34-43(37-18-8-2-9-19-37)33-45(38-20-10-3-11-21-38)51(47)55(50)44-29-26-41(27-30-44)52-53-48(39-22-12-4-13-23-39)35-49(54-52)40-24-14-5-15-25-40/h1-35H. The summed E-state index contributed by atoms with van der Waals surface area (Å²) in [6.07, 6.45) is 0. The first kappa shape index (κ1) is 32.3. The smallest absolute Gasteiger partial charge is 0.160 e. The van der Waals surface area contributed by atoms with Crippen LogP contribution in [-0.2, 0) is 0 Å². The van der Waals surface area contributed by atoms with Crippen LogP contribution < -0.4 is 0 Å². The van der Waals surface area contributed by atoms with Gasteiger partial charge in [-0.1, -0.05) is 158 Å². The first-order valence-electron chi connectivity index (χ1n) is 18.7. The van der Waals surface area contributed by atoms with Gasteiger partial charge in [0.05, 0.1) is 22.4 Å². The minimum absolute atomic E-state index is 0.693. The molecule has 0 aliphatic carbocycles. The Morgan fingerprint density at radius 1 is 0.309 bits per heavy atom. The second-order valence-electron chi connectivity index (χ2n) is 13.8. The largest absolute Gasteiger partial charge is 0.309 e. The topological polar surface area (TPSA) is 30.7 Å². The van der Waals surface area contributed by atoms with Crippen molar-refractivity contribution in [2.45, 2.75) is 0 Å². The third-order valence-corrected chi connectivity index (χ3v) is 10.4. The van der Waals surface area contributed by atoms with Gasteiger partial charge in [-0.25, -0.2) is 9.97 Å². The molecule has 0 saturated carbocycles. The van der Waals surface area contributed by atoms with Gasteiger partial charge in [-0.15, -0.1) is 0 Å². The number of aromatic nitrogens is 3. The zero-order chi connectivity index (χ0) is 36.6. The highest BCUT2D eigenvalue weighted by molar-refractivity contribution is 6.16. The summed E-state index contributed by atoms with van der Waals surface area (Å²) in [4.78, 5) is 10.2. The molecule has 3 nitrogen and oxygen atoms in total. The number of fused-ring (bicyclic) bond motifs is 3. The van der Waals surface area contributed by atoms with Crippen LogP contribution in [0, 0.1) is 0 Å². The molecular formula is C52H35N3. The molecule has 0 fully saturated rings. The first-order valence-corrected chi connectivity index (χ1v) is 18.7. The average molecular weight is 702 g/mol. The Morgan fingerprint density at radius 2 is 0.764 bits per heavy atom. The van der Waals surface area contributed by atoms with E-state index in [2.05, 4.69) is 205 Å². The summed E-state index contributed by atoms with van der Waals surface area (Å²) < 4.78 is 2.43. The maximum atomic E-state index is 5.10. The first-order chi connectivity index (χ1) is 27.3. The molecule has 3 heteroatoms. The fourth-order valence-electron chi connectivity index (χ4n) is 7.71. The summed E-state index contributed by atoms with van der Waals surface area (Å²) in [5, 5.41) is 2.42. The quantitative estimate of drug-likeness (QED) is 0.166. The van der Waals surface area contributed by atoms with Crippen molar-refractivity contribution < 1.29 is 0 Å². The van der Waals surface area contributed by atoms with Gasteiger partial charge >= 0.3 is 0 Å². The van der Waals surface area contributed by atoms with Crippen LogP contribution in [0.2, 0.25) is 0 Å². The highest BCUT2D eigenvalue weighted by atomic mass is 15.0. The number of rotatable bonds is 7. The van der Waals surface area contributed by atoms with Gasteiger partial charge in [0.25, 0.3) is 0 Å². The summed E-state index contributed by atoms with van der Waals surface area (Å²) in [6.45, 7) is 0. The van der Waals surface area contributed by atoms with E-state index >= 15 is 0 Å². The van der Waals surface area contributed by atoms with Crippen LogP contribution in [0.1, 0.15) is 0 Å². The fourth-order valence-corrected chi connectivity index (χ4v) is 7.71. The third kappa shape index (κ3) is 6.08. The lowest BCUT2D eigenvalue weighted by molar-refractivity contribution is 1.16. The maximum absolute atomic E-state index is 5.10. The van der Waals surface area contributed by atoms with Gasteiger partial charge in [-0.05, 0) is 82.4 Å². The molecule has 0 N–H and O–H groups in total. The molecule has 8 aromatic carbocycles. The summed E-state index contributed by atoms with van der Waals surface area (Å²) in [7, 11) is 0. The fraction of sp³-hybridized carbons (Fsp3) is 0. The van der Waals surface area contributed by atoms with Crippen LogP contribution >= 0.6 is 0 Å². The summed E-state index contributed by atoms with van der Waals surface area (Å²) in [5.41, 5.74) is 15.4. The summed E-state index contributed by atoms with van der Waals surface area (Å²) >= 11 is 0. The molecule has 0 saturated heterocycles. The predicted octanol–water partition coefficient (Wildman–Crippen LogP) is 13.6. The highest BCUT2D eigenvalue weighted by Gasteiger charge is 2.20. The molecule has 0 aliphatic rings. The van der Waals surface area contributed by atoms with Gasteiger partial charge in [0.15, 0.2) is 5.82 Å². The molecule has 258 valence electrons. The third-order valence-electron chi connectivity index (χ3n) is 10.4. The lowest BCUT2D eigenvalue weighted by Gasteiger charge is -2.14. The van der Waals surface area contributed by atoms with Gasteiger partial charge < -0.3 is 4.57 Å². The Kier molecular flexibility index (Phi) is 8.16. The Bertz CT molecular complexity index is 2860. The van der Waals surface area contributed by atoms with E-state index in [0.29, 0.717) is 5.82 Å². The zero-order valence-corrected chi connectivity index (χ0v) is 30.0. The molecule has 55 heavy (non-hydrogen) atoms. The Balaban J connectivity index is 1.19. The molecule has 0 amide bonds. The van der Waals surface area contributed by atoms with Crippen molar-refractivity contribution in [1.82, 2.24) is 14.5 Å². The van der Waals surface area contributed by atoms with E-state index in [9.17, 15) is 0 Å².